The number of nitrogens with one attached hydrogen (secondary N) is 1. The molecular weight excluding hydrogens is 425 g/mol. The van der Waals surface area contributed by atoms with Crippen LogP contribution in [0.5, 0.6) is 0 Å². The molecule has 132 valence electrons. The minimum Gasteiger partial charge on any atom is -0.370 e. The number of guanidine groups is 1. The van der Waals surface area contributed by atoms with E-state index < -0.39 is 0 Å². The van der Waals surface area contributed by atoms with Crippen molar-refractivity contribution in [3.8, 4) is 0 Å². The van der Waals surface area contributed by atoms with Gasteiger partial charge in [0.2, 0.25) is 0 Å². The maximum absolute atomic E-state index is 5.91. The lowest BCUT2D eigenvalue weighted by molar-refractivity contribution is 0.841. The summed E-state index contributed by atoms with van der Waals surface area (Å²) in [7, 11) is 0. The molecule has 0 bridgehead atoms. The Balaban J connectivity index is 0.00000225. The van der Waals surface area contributed by atoms with Crippen LogP contribution in [0.1, 0.15) is 16.8 Å². The second-order valence-electron chi connectivity index (χ2n) is 5.83. The smallest absolute Gasteiger partial charge is 0.188 e. The Morgan fingerprint density at radius 1 is 1.16 bits per heavy atom. The quantitative estimate of drug-likeness (QED) is 0.346. The van der Waals surface area contributed by atoms with Crippen LogP contribution in [0.25, 0.3) is 5.65 Å². The van der Waals surface area contributed by atoms with E-state index in [2.05, 4.69) is 51.0 Å². The summed E-state index contributed by atoms with van der Waals surface area (Å²) in [6, 6.07) is 14.4. The molecule has 0 saturated heterocycles. The molecule has 6 heteroatoms. The zero-order chi connectivity index (χ0) is 16.8. The van der Waals surface area contributed by atoms with Gasteiger partial charge >= 0.3 is 0 Å². The number of fused-ring (bicyclic) bond motifs is 1. The molecule has 0 amide bonds. The van der Waals surface area contributed by atoms with E-state index >= 15 is 0 Å². The van der Waals surface area contributed by atoms with Gasteiger partial charge in [0.1, 0.15) is 5.65 Å². The Morgan fingerprint density at radius 3 is 2.72 bits per heavy atom. The number of nitrogens with two attached hydrogens (primary N) is 1. The topological polar surface area (TPSA) is 67.7 Å². The number of hydrogen-bond acceptors (Lipinski definition) is 2. The average Bonchev–Trinajstić information content (AvgIpc) is 3.00. The highest BCUT2D eigenvalue weighted by Gasteiger charge is 2.03. The summed E-state index contributed by atoms with van der Waals surface area (Å²) >= 11 is 0. The molecule has 0 unspecified atom stereocenters. The van der Waals surface area contributed by atoms with Crippen molar-refractivity contribution in [3.05, 3.63) is 71.7 Å². The molecule has 0 aliphatic carbocycles. The van der Waals surface area contributed by atoms with E-state index in [9.17, 15) is 0 Å². The first-order valence-electron chi connectivity index (χ1n) is 8.23. The summed E-state index contributed by atoms with van der Waals surface area (Å²) in [6.07, 6.45) is 5.78. The third-order valence-electron chi connectivity index (χ3n) is 3.94. The summed E-state index contributed by atoms with van der Waals surface area (Å²) < 4.78 is 2.05. The van der Waals surface area contributed by atoms with Crippen molar-refractivity contribution in [2.24, 2.45) is 10.7 Å². The predicted molar refractivity (Wildman–Crippen MR) is 114 cm³/mol. The lowest BCUT2D eigenvalue weighted by Gasteiger charge is -2.05. The van der Waals surface area contributed by atoms with Gasteiger partial charge in [-0.05, 0) is 30.5 Å². The molecule has 3 rings (SSSR count). The van der Waals surface area contributed by atoms with E-state index in [1.165, 1.54) is 11.1 Å². The second-order valence-corrected chi connectivity index (χ2v) is 5.83. The molecule has 25 heavy (non-hydrogen) atoms. The van der Waals surface area contributed by atoms with Crippen molar-refractivity contribution in [3.63, 3.8) is 0 Å². The molecular formula is C19H24IN5. The zero-order valence-corrected chi connectivity index (χ0v) is 16.7. The predicted octanol–water partition coefficient (Wildman–Crippen LogP) is 2.95. The van der Waals surface area contributed by atoms with Gasteiger partial charge in [-0.2, -0.15) is 0 Å². The number of hydrogen-bond donors (Lipinski definition) is 2. The molecule has 3 aromatic rings. The molecule has 2 heterocycles. The first kappa shape index (κ1) is 19.2. The van der Waals surface area contributed by atoms with Gasteiger partial charge in [0.05, 0.1) is 5.69 Å². The third kappa shape index (κ3) is 5.45. The van der Waals surface area contributed by atoms with Crippen LogP contribution in [0, 0.1) is 6.92 Å². The Bertz CT molecular complexity index is 826. The van der Waals surface area contributed by atoms with Gasteiger partial charge in [0.15, 0.2) is 5.96 Å². The number of rotatable bonds is 6. The van der Waals surface area contributed by atoms with Crippen molar-refractivity contribution in [1.29, 1.82) is 0 Å². The van der Waals surface area contributed by atoms with Crippen LogP contribution in [-0.2, 0) is 12.8 Å². The molecule has 0 radical (unpaired) electrons. The lowest BCUT2D eigenvalue weighted by Crippen LogP contribution is -2.33. The molecule has 0 fully saturated rings. The van der Waals surface area contributed by atoms with Crippen LogP contribution in [0.3, 0.4) is 0 Å². The van der Waals surface area contributed by atoms with Crippen LogP contribution in [-0.4, -0.2) is 28.4 Å². The fourth-order valence-corrected chi connectivity index (χ4v) is 2.65. The first-order chi connectivity index (χ1) is 11.7. The highest BCUT2D eigenvalue weighted by Crippen LogP contribution is 2.10. The van der Waals surface area contributed by atoms with Crippen molar-refractivity contribution in [2.75, 3.05) is 13.1 Å². The van der Waals surface area contributed by atoms with Crippen molar-refractivity contribution >= 4 is 35.6 Å². The van der Waals surface area contributed by atoms with Gasteiger partial charge in [0, 0.05) is 31.9 Å². The monoisotopic (exact) mass is 449 g/mol. The fraction of sp³-hybridized carbons (Fsp3) is 0.263. The molecule has 1 aromatic carbocycles. The molecule has 0 aliphatic heterocycles. The van der Waals surface area contributed by atoms with Crippen molar-refractivity contribution in [1.82, 2.24) is 14.7 Å². The van der Waals surface area contributed by atoms with E-state index in [0.717, 1.165) is 30.7 Å². The highest BCUT2D eigenvalue weighted by molar-refractivity contribution is 14.0. The zero-order valence-electron chi connectivity index (χ0n) is 14.4. The number of halogens is 1. The number of benzene rings is 1. The van der Waals surface area contributed by atoms with E-state index in [0.29, 0.717) is 12.5 Å². The average molecular weight is 449 g/mol. The fourth-order valence-electron chi connectivity index (χ4n) is 2.65. The van der Waals surface area contributed by atoms with E-state index in [1.807, 2.05) is 30.5 Å². The van der Waals surface area contributed by atoms with E-state index in [4.69, 9.17) is 5.73 Å². The standard InChI is InChI=1S/C19H23N5.HI/c1-15-6-5-13-24-14-17(23-18(15)24)10-12-22-19(20)21-11-9-16-7-3-2-4-8-16;/h2-8,13-14H,9-12H2,1H3,(H3,20,21,22);1H. The molecule has 0 spiro atoms. The van der Waals surface area contributed by atoms with Crippen LogP contribution < -0.4 is 11.1 Å². The number of imidazole rings is 1. The van der Waals surface area contributed by atoms with Gasteiger partial charge in [-0.1, -0.05) is 36.4 Å². The summed E-state index contributed by atoms with van der Waals surface area (Å²) in [4.78, 5) is 9.02. The summed E-state index contributed by atoms with van der Waals surface area (Å²) in [6.45, 7) is 3.49. The Kier molecular flexibility index (Phi) is 7.24. The molecule has 0 atom stereocenters. The number of aryl methyl sites for hydroxylation is 1. The molecule has 3 N–H and O–H groups in total. The molecule has 0 aliphatic rings. The number of nitrogens with zero attached hydrogens (tertiary/aromatic N) is 3. The minimum atomic E-state index is 0. The van der Waals surface area contributed by atoms with Crippen molar-refractivity contribution < 1.29 is 0 Å². The number of pyridine rings is 1. The second kappa shape index (κ2) is 9.41. The lowest BCUT2D eigenvalue weighted by atomic mass is 10.1. The summed E-state index contributed by atoms with van der Waals surface area (Å²) in [5, 5.41) is 3.16. The Hall–Kier alpha value is -2.09. The largest absolute Gasteiger partial charge is 0.370 e. The summed E-state index contributed by atoms with van der Waals surface area (Å²) in [5.41, 5.74) is 10.4. The van der Waals surface area contributed by atoms with Crippen LogP contribution >= 0.6 is 24.0 Å². The molecule has 0 saturated carbocycles. The highest BCUT2D eigenvalue weighted by atomic mass is 127. The maximum Gasteiger partial charge on any atom is 0.188 e. The Labute approximate surface area is 165 Å². The SMILES string of the molecule is Cc1cccn2cc(CCN=C(N)NCCc3ccccc3)nc12.I. The number of aliphatic imine (C=N–C) groups is 1. The Morgan fingerprint density at radius 2 is 1.96 bits per heavy atom. The van der Waals surface area contributed by atoms with Gasteiger partial charge in [-0.3, -0.25) is 4.99 Å². The van der Waals surface area contributed by atoms with Gasteiger partial charge < -0.3 is 15.5 Å². The molecule has 2 aromatic heterocycles. The molecule has 5 nitrogen and oxygen atoms in total. The van der Waals surface area contributed by atoms with Crippen LogP contribution in [0.15, 0.2) is 59.9 Å². The summed E-state index contributed by atoms with van der Waals surface area (Å²) in [5.74, 6) is 0.492. The minimum absolute atomic E-state index is 0. The van der Waals surface area contributed by atoms with Gasteiger partial charge in [-0.25, -0.2) is 4.98 Å². The number of aromatic nitrogens is 2. The van der Waals surface area contributed by atoms with Gasteiger partial charge in [-0.15, -0.1) is 24.0 Å². The van der Waals surface area contributed by atoms with Crippen molar-refractivity contribution in [2.45, 2.75) is 19.8 Å². The normalized spacial score (nSPS) is 11.3. The maximum atomic E-state index is 5.91. The van der Waals surface area contributed by atoms with Gasteiger partial charge in [0.25, 0.3) is 0 Å². The van der Waals surface area contributed by atoms with E-state index in [1.54, 1.807) is 0 Å². The first-order valence-corrected chi connectivity index (χ1v) is 8.23. The van der Waals surface area contributed by atoms with Crippen LogP contribution in [0.4, 0.5) is 0 Å². The third-order valence-corrected chi connectivity index (χ3v) is 3.94. The van der Waals surface area contributed by atoms with Crippen LogP contribution in [0.2, 0.25) is 0 Å². The van der Waals surface area contributed by atoms with E-state index in [-0.39, 0.29) is 24.0 Å².